The number of carbonyl (C=O) groups excluding carboxylic acids is 3. The van der Waals surface area contributed by atoms with Crippen molar-refractivity contribution in [3.05, 3.63) is 48.1 Å². The van der Waals surface area contributed by atoms with E-state index in [1.165, 1.54) is 0 Å². The van der Waals surface area contributed by atoms with Gasteiger partial charge in [-0.1, -0.05) is 6.92 Å². The minimum Gasteiger partial charge on any atom is -0.463 e. The van der Waals surface area contributed by atoms with E-state index < -0.39 is 67.5 Å². The smallest absolute Gasteiger partial charge is 0.412 e. The predicted octanol–water partition coefficient (Wildman–Crippen LogP) is 4.99. The Balaban J connectivity index is 2.14. The first-order valence-corrected chi connectivity index (χ1v) is 14.2. The van der Waals surface area contributed by atoms with Crippen LogP contribution in [0.5, 0.6) is 11.5 Å². The van der Waals surface area contributed by atoms with Crippen LogP contribution < -0.4 is 14.8 Å². The molecule has 214 valence electrons. The normalized spacial score (nSPS) is 11.6. The van der Waals surface area contributed by atoms with Crippen LogP contribution in [-0.2, 0) is 19.6 Å². The first kappa shape index (κ1) is 32.9. The van der Waals surface area contributed by atoms with E-state index in [9.17, 15) is 40.4 Å². The van der Waals surface area contributed by atoms with Crippen molar-refractivity contribution in [1.29, 1.82) is 0 Å². The third-order valence-corrected chi connectivity index (χ3v) is 7.58. The summed E-state index contributed by atoms with van der Waals surface area (Å²) in [4.78, 5) is 34.2. The first-order valence-electron chi connectivity index (χ1n) is 10.6. The van der Waals surface area contributed by atoms with Crippen LogP contribution in [0, 0.1) is 35.8 Å². The Morgan fingerprint density at radius 3 is 1.92 bits per heavy atom. The number of rotatable bonds is 9. The van der Waals surface area contributed by atoms with Crippen molar-refractivity contribution in [2.75, 3.05) is 13.2 Å². The Labute approximate surface area is 246 Å². The quantitative estimate of drug-likeness (QED) is 0.0682. The molecule has 0 atom stereocenters. The molecule has 2 N–H and O–H groups in total. The van der Waals surface area contributed by atoms with Gasteiger partial charge in [0.05, 0.1) is 24.7 Å². The number of hydrogen-bond acceptors (Lipinski definition) is 8. The van der Waals surface area contributed by atoms with E-state index in [-0.39, 0.29) is 31.6 Å². The summed E-state index contributed by atoms with van der Waals surface area (Å²) < 4.78 is 102. The number of hydrogen-bond donors (Lipinski definition) is 2. The second-order valence-electron chi connectivity index (χ2n) is 8.24. The molecular weight excluding hydrogens is 784 g/mol. The molecule has 0 saturated carbocycles. The molecule has 10 nitrogen and oxygen atoms in total. The predicted molar refractivity (Wildman–Crippen MR) is 142 cm³/mol. The number of esters is 2. The van der Waals surface area contributed by atoms with Gasteiger partial charge in [-0.3, -0.25) is 9.35 Å². The van der Waals surface area contributed by atoms with Gasteiger partial charge in [0.25, 0.3) is 0 Å². The SMILES string of the molecule is CCC(C)(C)C(=O)OCCNC(=O)Oc1c(I)cc(C(=O)Oc2c(F)c(F)c(S(=O)(=O)O)c(F)c2F)cc1I. The first-order chi connectivity index (χ1) is 17.9. The molecular formula is C22H19F4I2NO9S. The van der Waals surface area contributed by atoms with Crippen LogP contribution in [0.2, 0.25) is 0 Å². The molecule has 0 bridgehead atoms. The highest BCUT2D eigenvalue weighted by Gasteiger charge is 2.34. The average molecular weight is 803 g/mol. The molecule has 0 spiro atoms. The van der Waals surface area contributed by atoms with Crippen molar-refractivity contribution in [3.63, 3.8) is 0 Å². The molecule has 17 heteroatoms. The summed E-state index contributed by atoms with van der Waals surface area (Å²) >= 11 is 3.33. The summed E-state index contributed by atoms with van der Waals surface area (Å²) in [6.45, 7) is 5.07. The number of amides is 1. The van der Waals surface area contributed by atoms with Crippen molar-refractivity contribution < 1.29 is 59.1 Å². The summed E-state index contributed by atoms with van der Waals surface area (Å²) in [5, 5.41) is 2.37. The zero-order chi connectivity index (χ0) is 29.9. The molecule has 0 unspecified atom stereocenters. The molecule has 0 aliphatic heterocycles. The van der Waals surface area contributed by atoms with Crippen LogP contribution in [0.15, 0.2) is 17.0 Å². The van der Waals surface area contributed by atoms with E-state index in [0.29, 0.717) is 6.42 Å². The highest BCUT2D eigenvalue weighted by Crippen LogP contribution is 2.34. The molecule has 0 aliphatic carbocycles. The van der Waals surface area contributed by atoms with Gasteiger partial charge in [0.2, 0.25) is 17.4 Å². The van der Waals surface area contributed by atoms with Crippen molar-refractivity contribution >= 4 is 73.3 Å². The fourth-order valence-electron chi connectivity index (χ4n) is 2.60. The lowest BCUT2D eigenvalue weighted by molar-refractivity contribution is -0.153. The van der Waals surface area contributed by atoms with Gasteiger partial charge in [0.15, 0.2) is 22.3 Å². The number of nitrogens with one attached hydrogen (secondary N) is 1. The standard InChI is InChI=1S/C22H19F4I2NO9S/c1-4-22(2,3)20(31)36-6-5-29-21(32)38-16-10(27)7-9(8-11(16)28)19(30)37-17-12(23)14(25)18(39(33,34)35)15(26)13(17)24/h7-8H,4-6H2,1-3H3,(H,29,32)(H,33,34,35). The number of ether oxygens (including phenoxy) is 3. The van der Waals surface area contributed by atoms with Gasteiger partial charge in [-0.15, -0.1) is 0 Å². The van der Waals surface area contributed by atoms with Crippen LogP contribution in [0.4, 0.5) is 22.4 Å². The van der Waals surface area contributed by atoms with Crippen molar-refractivity contribution in [2.45, 2.75) is 32.1 Å². The van der Waals surface area contributed by atoms with Crippen LogP contribution in [0.1, 0.15) is 37.6 Å². The monoisotopic (exact) mass is 803 g/mol. The van der Waals surface area contributed by atoms with Gasteiger partial charge < -0.3 is 19.5 Å². The van der Waals surface area contributed by atoms with Crippen LogP contribution in [-0.4, -0.2) is 44.2 Å². The maximum absolute atomic E-state index is 14.2. The average Bonchev–Trinajstić information content (AvgIpc) is 2.84. The number of benzene rings is 2. The Kier molecular flexibility index (Phi) is 10.9. The minimum atomic E-state index is -5.69. The van der Waals surface area contributed by atoms with Gasteiger partial charge >= 0.3 is 28.1 Å². The van der Waals surface area contributed by atoms with Gasteiger partial charge in [-0.05, 0) is 77.6 Å². The molecule has 0 aliphatic rings. The summed E-state index contributed by atoms with van der Waals surface area (Å²) in [6, 6.07) is 2.13. The van der Waals surface area contributed by atoms with Crippen molar-refractivity contribution in [2.24, 2.45) is 5.41 Å². The maximum atomic E-state index is 14.2. The molecule has 0 heterocycles. The zero-order valence-electron chi connectivity index (χ0n) is 20.2. The van der Waals surface area contributed by atoms with E-state index >= 15 is 0 Å². The highest BCUT2D eigenvalue weighted by molar-refractivity contribution is 14.1. The molecule has 0 aromatic heterocycles. The molecule has 1 amide bonds. The lowest BCUT2D eigenvalue weighted by atomic mass is 9.91. The van der Waals surface area contributed by atoms with Crippen molar-refractivity contribution in [3.8, 4) is 11.5 Å². The second kappa shape index (κ2) is 12.9. The van der Waals surface area contributed by atoms with Crippen LogP contribution in [0.25, 0.3) is 0 Å². The Bertz CT molecular complexity index is 1380. The fourth-order valence-corrected chi connectivity index (χ4v) is 5.22. The van der Waals surface area contributed by atoms with E-state index in [4.69, 9.17) is 14.0 Å². The maximum Gasteiger partial charge on any atom is 0.412 e. The fraction of sp³-hybridized carbons (Fsp3) is 0.318. The number of halogens is 6. The second-order valence-corrected chi connectivity index (χ2v) is 11.9. The Hall–Kier alpha value is -2.26. The minimum absolute atomic E-state index is 0.0266. The summed E-state index contributed by atoms with van der Waals surface area (Å²) in [5.74, 6) is -13.6. The summed E-state index contributed by atoms with van der Waals surface area (Å²) in [7, 11) is -5.69. The highest BCUT2D eigenvalue weighted by atomic mass is 127. The molecule has 0 fully saturated rings. The van der Waals surface area contributed by atoms with Gasteiger partial charge in [-0.2, -0.15) is 17.2 Å². The Morgan fingerprint density at radius 2 is 1.46 bits per heavy atom. The molecule has 2 aromatic rings. The topological polar surface area (TPSA) is 145 Å². The van der Waals surface area contributed by atoms with Gasteiger partial charge in [0.1, 0.15) is 6.61 Å². The van der Waals surface area contributed by atoms with E-state index in [0.717, 1.165) is 12.1 Å². The van der Waals surface area contributed by atoms with E-state index in [2.05, 4.69) is 10.1 Å². The Morgan fingerprint density at radius 1 is 0.949 bits per heavy atom. The van der Waals surface area contributed by atoms with Gasteiger partial charge in [0, 0.05) is 0 Å². The van der Waals surface area contributed by atoms with E-state index in [1.54, 1.807) is 59.0 Å². The van der Waals surface area contributed by atoms with Crippen molar-refractivity contribution in [1.82, 2.24) is 5.32 Å². The molecule has 39 heavy (non-hydrogen) atoms. The van der Waals surface area contributed by atoms with Crippen LogP contribution >= 0.6 is 45.2 Å². The lowest BCUT2D eigenvalue weighted by Gasteiger charge is -2.20. The summed E-state index contributed by atoms with van der Waals surface area (Å²) in [6.07, 6.45) is -0.374. The lowest BCUT2D eigenvalue weighted by Crippen LogP contribution is -2.33. The van der Waals surface area contributed by atoms with E-state index in [1.807, 2.05) is 6.92 Å². The largest absolute Gasteiger partial charge is 0.463 e. The zero-order valence-corrected chi connectivity index (χ0v) is 25.3. The molecule has 2 aromatic carbocycles. The summed E-state index contributed by atoms with van der Waals surface area (Å²) in [5.41, 5.74) is -1.07. The molecule has 0 saturated heterocycles. The van der Waals surface area contributed by atoms with Crippen LogP contribution in [0.3, 0.4) is 0 Å². The third-order valence-electron chi connectivity index (χ3n) is 5.11. The molecule has 2 rings (SSSR count). The van der Waals surface area contributed by atoms with Gasteiger partial charge in [-0.25, -0.2) is 18.4 Å². The third kappa shape index (κ3) is 7.91. The number of carbonyl (C=O) groups is 3. The molecule has 0 radical (unpaired) electrons.